The quantitative estimate of drug-likeness (QED) is 0.647. The van der Waals surface area contributed by atoms with Gasteiger partial charge in [0.1, 0.15) is 23.9 Å². The third-order valence-corrected chi connectivity index (χ3v) is 6.03. The van der Waals surface area contributed by atoms with Gasteiger partial charge in [0.25, 0.3) is 5.91 Å². The lowest BCUT2D eigenvalue weighted by atomic mass is 9.99. The van der Waals surface area contributed by atoms with Crippen molar-refractivity contribution in [3.63, 3.8) is 0 Å². The van der Waals surface area contributed by atoms with Crippen LogP contribution in [0.5, 0.6) is 0 Å². The lowest BCUT2D eigenvalue weighted by molar-refractivity contribution is -0.0606. The van der Waals surface area contributed by atoms with Gasteiger partial charge in [0.15, 0.2) is 0 Å². The molecule has 0 aliphatic carbocycles. The van der Waals surface area contributed by atoms with Crippen LogP contribution in [0.3, 0.4) is 0 Å². The number of likely N-dealkylation sites (tertiary alicyclic amines) is 1. The predicted octanol–water partition coefficient (Wildman–Crippen LogP) is 3.10. The Bertz CT molecular complexity index is 1140. The van der Waals surface area contributed by atoms with E-state index in [1.165, 1.54) is 12.1 Å². The first kappa shape index (κ1) is 20.0. The van der Waals surface area contributed by atoms with Crippen LogP contribution in [0.4, 0.5) is 13.2 Å². The second-order valence-corrected chi connectivity index (χ2v) is 8.16. The molecule has 0 unspecified atom stereocenters. The molecule has 6 nitrogen and oxygen atoms in total. The summed E-state index contributed by atoms with van der Waals surface area (Å²) in [7, 11) is 0. The lowest BCUT2D eigenvalue weighted by Crippen LogP contribution is -2.35. The number of fused-ring (bicyclic) bond motifs is 3. The molecule has 1 N–H and O–H groups in total. The van der Waals surface area contributed by atoms with Crippen molar-refractivity contribution in [2.24, 2.45) is 0 Å². The first-order chi connectivity index (χ1) is 14.9. The highest BCUT2D eigenvalue weighted by Gasteiger charge is 2.34. The molecule has 2 aliphatic rings. The largest absolute Gasteiger partial charge is 0.341 e. The van der Waals surface area contributed by atoms with E-state index in [1.807, 2.05) is 10.8 Å². The highest BCUT2D eigenvalue weighted by Crippen LogP contribution is 2.32. The summed E-state index contributed by atoms with van der Waals surface area (Å²) in [6, 6.07) is 6.18. The Morgan fingerprint density at radius 3 is 2.52 bits per heavy atom. The lowest BCUT2D eigenvalue weighted by Gasteiger charge is -2.23. The van der Waals surface area contributed by atoms with Crippen molar-refractivity contribution in [2.75, 3.05) is 19.6 Å². The molecule has 1 fully saturated rings. The van der Waals surface area contributed by atoms with Crippen LogP contribution in [0, 0.1) is 5.82 Å². The molecule has 0 radical (unpaired) electrons. The molecular formula is C22H21F3N4O2. The van der Waals surface area contributed by atoms with Gasteiger partial charge in [-0.15, -0.1) is 0 Å². The van der Waals surface area contributed by atoms with E-state index in [2.05, 4.69) is 4.98 Å². The zero-order valence-corrected chi connectivity index (χ0v) is 16.6. The third kappa shape index (κ3) is 3.57. The summed E-state index contributed by atoms with van der Waals surface area (Å²) in [5.41, 5.74) is 3.43. The average Bonchev–Trinajstić information content (AvgIpc) is 3.25. The number of hydrogen-bond acceptors (Lipinski definition) is 4. The monoisotopic (exact) mass is 430 g/mol. The Morgan fingerprint density at radius 2 is 1.81 bits per heavy atom. The van der Waals surface area contributed by atoms with Crippen LogP contribution in [0.25, 0.3) is 10.9 Å². The van der Waals surface area contributed by atoms with Crippen LogP contribution < -0.4 is 0 Å². The zero-order valence-electron chi connectivity index (χ0n) is 16.6. The van der Waals surface area contributed by atoms with E-state index in [9.17, 15) is 23.2 Å². The van der Waals surface area contributed by atoms with Gasteiger partial charge >= 0.3 is 0 Å². The molecule has 0 spiro atoms. The molecule has 2 atom stereocenters. The predicted molar refractivity (Wildman–Crippen MR) is 107 cm³/mol. The third-order valence-electron chi connectivity index (χ3n) is 6.03. The molecule has 31 heavy (non-hydrogen) atoms. The maximum atomic E-state index is 13.7. The van der Waals surface area contributed by atoms with E-state index in [-0.39, 0.29) is 31.1 Å². The number of benzene rings is 1. The van der Waals surface area contributed by atoms with Gasteiger partial charge in [-0.3, -0.25) is 14.9 Å². The van der Waals surface area contributed by atoms with E-state index in [0.717, 1.165) is 27.6 Å². The van der Waals surface area contributed by atoms with E-state index in [4.69, 9.17) is 0 Å². The van der Waals surface area contributed by atoms with Gasteiger partial charge < -0.3 is 4.57 Å². The minimum Gasteiger partial charge on any atom is -0.341 e. The zero-order chi connectivity index (χ0) is 21.7. The number of amides is 1. The molecule has 0 bridgehead atoms. The second-order valence-electron chi connectivity index (χ2n) is 8.16. The SMILES string of the molecule is O=C1c2ncc3c(c(CN4C[C@@H](F)[C@H](F)C4)cn3Cc3ccc(F)cc3)c2CCN1O. The number of hydroxylamine groups is 2. The van der Waals surface area contributed by atoms with E-state index in [1.54, 1.807) is 23.2 Å². The molecule has 9 heteroatoms. The maximum Gasteiger partial charge on any atom is 0.296 e. The van der Waals surface area contributed by atoms with Gasteiger partial charge in [-0.05, 0) is 35.2 Å². The fraction of sp³-hybridized carbons (Fsp3) is 0.364. The Labute approximate surface area is 176 Å². The number of pyridine rings is 1. The minimum absolute atomic E-state index is 0.0163. The van der Waals surface area contributed by atoms with Crippen LogP contribution in [-0.2, 0) is 19.5 Å². The molecule has 1 aromatic carbocycles. The van der Waals surface area contributed by atoms with Crippen molar-refractivity contribution in [3.8, 4) is 0 Å². The van der Waals surface area contributed by atoms with E-state index in [0.29, 0.717) is 24.6 Å². The topological polar surface area (TPSA) is 61.6 Å². The van der Waals surface area contributed by atoms with Crippen molar-refractivity contribution >= 4 is 16.8 Å². The van der Waals surface area contributed by atoms with Gasteiger partial charge in [-0.1, -0.05) is 12.1 Å². The first-order valence-corrected chi connectivity index (χ1v) is 10.2. The number of aromatic nitrogens is 2. The normalized spacial score (nSPS) is 21.8. The van der Waals surface area contributed by atoms with E-state index < -0.39 is 18.3 Å². The van der Waals surface area contributed by atoms with Crippen LogP contribution in [0.2, 0.25) is 0 Å². The van der Waals surface area contributed by atoms with Crippen molar-refractivity contribution in [2.45, 2.75) is 31.9 Å². The van der Waals surface area contributed by atoms with E-state index >= 15 is 0 Å². The number of rotatable bonds is 4. The highest BCUT2D eigenvalue weighted by atomic mass is 19.2. The van der Waals surface area contributed by atoms with Gasteiger partial charge in [-0.25, -0.2) is 23.2 Å². The standard InChI is InChI=1S/C22H21F3N4O2/c23-15-3-1-13(2-4-15)8-28-10-14(9-27-11-17(24)18(25)12-27)20-16-5-6-29(31)22(30)21(16)26-7-19(20)28/h1-4,7,10,17-18,31H,5-6,8-9,11-12H2/t17-,18-/m1/s1. The first-order valence-electron chi connectivity index (χ1n) is 10.2. The molecule has 5 rings (SSSR count). The minimum atomic E-state index is -1.51. The number of halogens is 3. The Morgan fingerprint density at radius 1 is 1.10 bits per heavy atom. The number of nitrogens with zero attached hydrogens (tertiary/aromatic N) is 4. The Kier molecular flexibility index (Phi) is 4.94. The summed E-state index contributed by atoms with van der Waals surface area (Å²) >= 11 is 0. The summed E-state index contributed by atoms with van der Waals surface area (Å²) in [4.78, 5) is 18.4. The fourth-order valence-electron chi connectivity index (χ4n) is 4.51. The van der Waals surface area contributed by atoms with Gasteiger partial charge in [0.2, 0.25) is 0 Å². The van der Waals surface area contributed by atoms with Crippen molar-refractivity contribution in [3.05, 3.63) is 64.9 Å². The fourth-order valence-corrected chi connectivity index (χ4v) is 4.51. The molecular weight excluding hydrogens is 409 g/mol. The van der Waals surface area contributed by atoms with Crippen LogP contribution in [0.15, 0.2) is 36.7 Å². The summed E-state index contributed by atoms with van der Waals surface area (Å²) in [5, 5.41) is 11.3. The van der Waals surface area contributed by atoms with Crippen molar-refractivity contribution < 1.29 is 23.2 Å². The molecule has 4 heterocycles. The van der Waals surface area contributed by atoms with Crippen molar-refractivity contribution in [1.29, 1.82) is 0 Å². The van der Waals surface area contributed by atoms with Gasteiger partial charge in [-0.2, -0.15) is 0 Å². The van der Waals surface area contributed by atoms with Crippen LogP contribution in [-0.4, -0.2) is 62.6 Å². The number of carbonyl (C=O) groups excluding carboxylic acids is 1. The highest BCUT2D eigenvalue weighted by molar-refractivity contribution is 6.00. The smallest absolute Gasteiger partial charge is 0.296 e. The van der Waals surface area contributed by atoms with Crippen molar-refractivity contribution in [1.82, 2.24) is 19.5 Å². The van der Waals surface area contributed by atoms with Crippen LogP contribution in [0.1, 0.15) is 27.2 Å². The average molecular weight is 430 g/mol. The summed E-state index contributed by atoms with van der Waals surface area (Å²) in [5.74, 6) is -0.880. The number of carbonyl (C=O) groups is 1. The molecule has 3 aromatic rings. The maximum absolute atomic E-state index is 13.7. The molecule has 1 amide bonds. The summed E-state index contributed by atoms with van der Waals surface area (Å²) < 4.78 is 42.7. The Balaban J connectivity index is 1.59. The Hall–Kier alpha value is -2.91. The van der Waals surface area contributed by atoms with Crippen LogP contribution >= 0.6 is 0 Å². The molecule has 2 aromatic heterocycles. The van der Waals surface area contributed by atoms with Gasteiger partial charge in [0, 0.05) is 37.8 Å². The molecule has 162 valence electrons. The molecule has 1 saturated heterocycles. The second kappa shape index (κ2) is 7.65. The summed E-state index contributed by atoms with van der Waals surface area (Å²) in [6.07, 6.45) is 0.899. The van der Waals surface area contributed by atoms with Gasteiger partial charge in [0.05, 0.1) is 18.3 Å². The molecule has 2 aliphatic heterocycles. The summed E-state index contributed by atoms with van der Waals surface area (Å²) in [6.45, 7) is 0.971. The number of alkyl halides is 2. The number of hydrogen-bond donors (Lipinski definition) is 1. The molecule has 0 saturated carbocycles.